The van der Waals surface area contributed by atoms with Crippen molar-refractivity contribution in [2.75, 3.05) is 7.11 Å². The second kappa shape index (κ2) is 10.9. The number of ether oxygens (including phenoxy) is 1. The third-order valence-electron chi connectivity index (χ3n) is 5.20. The van der Waals surface area contributed by atoms with E-state index in [2.05, 4.69) is 0 Å². The first-order valence-corrected chi connectivity index (χ1v) is 12.6. The zero-order valence-electron chi connectivity index (χ0n) is 20.3. The van der Waals surface area contributed by atoms with Gasteiger partial charge < -0.3 is 13.8 Å². The van der Waals surface area contributed by atoms with Gasteiger partial charge in [0.2, 0.25) is 5.91 Å². The van der Waals surface area contributed by atoms with Crippen LogP contribution < -0.4 is 8.92 Å². The smallest absolute Gasteiger partial charge is 0.339 e. The monoisotopic (exact) mass is 499 g/mol. The van der Waals surface area contributed by atoms with E-state index in [1.54, 1.807) is 41.3 Å². The third kappa shape index (κ3) is 7.55. The van der Waals surface area contributed by atoms with E-state index < -0.39 is 10.1 Å². The predicted molar refractivity (Wildman–Crippen MR) is 132 cm³/mol. The molecule has 0 radical (unpaired) electrons. The summed E-state index contributed by atoms with van der Waals surface area (Å²) in [5, 5.41) is 0. The normalized spacial score (nSPS) is 11.7. The van der Waals surface area contributed by atoms with Crippen molar-refractivity contribution in [3.8, 4) is 11.5 Å². The molecule has 186 valence electrons. The summed E-state index contributed by atoms with van der Waals surface area (Å²) in [6, 6.07) is 18.6. The number of methoxy groups -OCH3 is 1. The minimum Gasteiger partial charge on any atom is -0.497 e. The zero-order chi connectivity index (χ0) is 25.6. The van der Waals surface area contributed by atoms with E-state index in [4.69, 9.17) is 8.92 Å². The Hall–Kier alpha value is -3.39. The van der Waals surface area contributed by atoms with Crippen LogP contribution in [-0.2, 0) is 28.0 Å². The number of carbonyl (C=O) groups excluding carboxylic acids is 1. The van der Waals surface area contributed by atoms with E-state index in [0.717, 1.165) is 5.56 Å². The minimum atomic E-state index is -4.11. The van der Waals surface area contributed by atoms with E-state index in [0.29, 0.717) is 17.7 Å². The SMILES string of the molecule is COc1ccc(S(=O)(=O)Oc2ccccc2CN(Cc2ccc(F)cc2)C(=O)CC(C)(C)C)cc1. The highest BCUT2D eigenvalue weighted by Gasteiger charge is 2.24. The minimum absolute atomic E-state index is 0.0138. The van der Waals surface area contributed by atoms with Crippen molar-refractivity contribution in [1.29, 1.82) is 0 Å². The van der Waals surface area contributed by atoms with Gasteiger partial charge in [-0.3, -0.25) is 4.79 Å². The highest BCUT2D eigenvalue weighted by molar-refractivity contribution is 7.87. The van der Waals surface area contributed by atoms with Crippen LogP contribution in [0.1, 0.15) is 38.3 Å². The van der Waals surface area contributed by atoms with Crippen LogP contribution in [0.5, 0.6) is 11.5 Å². The second-order valence-electron chi connectivity index (χ2n) is 9.43. The molecule has 0 N–H and O–H groups in total. The van der Waals surface area contributed by atoms with Crippen LogP contribution in [0.3, 0.4) is 0 Å². The molecule has 0 atom stereocenters. The molecule has 0 aliphatic rings. The molecule has 0 fully saturated rings. The largest absolute Gasteiger partial charge is 0.497 e. The topological polar surface area (TPSA) is 72.9 Å². The standard InChI is InChI=1S/C27H30FNO5S/c1-27(2,3)17-26(30)29(18-20-9-11-22(28)12-10-20)19-21-7-5-6-8-25(21)34-35(31,32)24-15-13-23(33-4)14-16-24/h5-16H,17-19H2,1-4H3. The fraction of sp³-hybridized carbons (Fsp3) is 0.296. The van der Waals surface area contributed by atoms with E-state index in [1.807, 2.05) is 20.8 Å². The lowest BCUT2D eigenvalue weighted by Gasteiger charge is -2.27. The first kappa shape index (κ1) is 26.2. The van der Waals surface area contributed by atoms with Gasteiger partial charge in [-0.05, 0) is 53.4 Å². The Morgan fingerprint density at radius 1 is 0.914 bits per heavy atom. The summed E-state index contributed by atoms with van der Waals surface area (Å²) < 4.78 is 49.8. The molecular formula is C27H30FNO5S. The molecule has 0 spiro atoms. The molecule has 35 heavy (non-hydrogen) atoms. The molecule has 1 amide bonds. The number of halogens is 1. The predicted octanol–water partition coefficient (Wildman–Crippen LogP) is 5.57. The lowest BCUT2D eigenvalue weighted by atomic mass is 9.91. The third-order valence-corrected chi connectivity index (χ3v) is 6.45. The van der Waals surface area contributed by atoms with Crippen molar-refractivity contribution in [1.82, 2.24) is 4.90 Å². The van der Waals surface area contributed by atoms with Crippen molar-refractivity contribution in [2.45, 2.75) is 45.2 Å². The van der Waals surface area contributed by atoms with Gasteiger partial charge in [-0.25, -0.2) is 4.39 Å². The highest BCUT2D eigenvalue weighted by Crippen LogP contribution is 2.27. The Morgan fingerprint density at radius 3 is 2.14 bits per heavy atom. The van der Waals surface area contributed by atoms with E-state index in [-0.39, 0.29) is 40.9 Å². The average molecular weight is 500 g/mol. The number of para-hydroxylation sites is 1. The van der Waals surface area contributed by atoms with Crippen LogP contribution >= 0.6 is 0 Å². The molecule has 0 bridgehead atoms. The molecular weight excluding hydrogens is 469 g/mol. The van der Waals surface area contributed by atoms with Crippen LogP contribution in [-0.4, -0.2) is 26.3 Å². The highest BCUT2D eigenvalue weighted by atomic mass is 32.2. The number of hydrogen-bond donors (Lipinski definition) is 0. The lowest BCUT2D eigenvalue weighted by molar-refractivity contribution is -0.134. The molecule has 0 aliphatic heterocycles. The van der Waals surface area contributed by atoms with Gasteiger partial charge in [0.05, 0.1) is 7.11 Å². The molecule has 6 nitrogen and oxygen atoms in total. The van der Waals surface area contributed by atoms with Crippen LogP contribution in [0.15, 0.2) is 77.7 Å². The summed E-state index contributed by atoms with van der Waals surface area (Å²) in [4.78, 5) is 14.8. The summed E-state index contributed by atoms with van der Waals surface area (Å²) in [5.41, 5.74) is 1.05. The molecule has 0 aliphatic carbocycles. The fourth-order valence-electron chi connectivity index (χ4n) is 3.44. The van der Waals surface area contributed by atoms with Gasteiger partial charge in [-0.2, -0.15) is 8.42 Å². The Labute approximate surface area is 206 Å². The molecule has 3 aromatic rings. The van der Waals surface area contributed by atoms with Crippen molar-refractivity contribution in [3.05, 3.63) is 89.7 Å². The first-order valence-electron chi connectivity index (χ1n) is 11.2. The van der Waals surface area contributed by atoms with Gasteiger partial charge >= 0.3 is 10.1 Å². The number of amides is 1. The molecule has 3 aromatic carbocycles. The Kier molecular flexibility index (Phi) is 8.17. The Morgan fingerprint density at radius 2 is 1.54 bits per heavy atom. The molecule has 8 heteroatoms. The van der Waals surface area contributed by atoms with Crippen LogP contribution in [0, 0.1) is 11.2 Å². The Bertz CT molecular complexity index is 1250. The molecule has 3 rings (SSSR count). The van der Waals surface area contributed by atoms with Gasteiger partial charge in [0.15, 0.2) is 0 Å². The fourth-order valence-corrected chi connectivity index (χ4v) is 4.40. The molecule has 0 heterocycles. The number of nitrogens with zero attached hydrogens (tertiary/aromatic N) is 1. The first-order chi connectivity index (χ1) is 16.5. The molecule has 0 aromatic heterocycles. The van der Waals surface area contributed by atoms with E-state index >= 15 is 0 Å². The maximum absolute atomic E-state index is 13.4. The van der Waals surface area contributed by atoms with Crippen molar-refractivity contribution in [3.63, 3.8) is 0 Å². The van der Waals surface area contributed by atoms with Crippen molar-refractivity contribution in [2.24, 2.45) is 5.41 Å². The van der Waals surface area contributed by atoms with Gasteiger partial charge in [0.25, 0.3) is 0 Å². The number of carbonyl (C=O) groups is 1. The maximum Gasteiger partial charge on any atom is 0.339 e. The molecule has 0 unspecified atom stereocenters. The zero-order valence-corrected chi connectivity index (χ0v) is 21.1. The van der Waals surface area contributed by atoms with E-state index in [1.165, 1.54) is 43.5 Å². The van der Waals surface area contributed by atoms with Gasteiger partial charge in [-0.1, -0.05) is 51.1 Å². The summed E-state index contributed by atoms with van der Waals surface area (Å²) in [6.07, 6.45) is 0.293. The number of rotatable bonds is 9. The molecule has 0 saturated heterocycles. The van der Waals surface area contributed by atoms with Gasteiger partial charge in [0.1, 0.15) is 22.2 Å². The van der Waals surface area contributed by atoms with Gasteiger partial charge in [0, 0.05) is 25.1 Å². The lowest BCUT2D eigenvalue weighted by Crippen LogP contribution is -2.33. The van der Waals surface area contributed by atoms with Crippen LogP contribution in [0.4, 0.5) is 4.39 Å². The number of benzene rings is 3. The summed E-state index contributed by atoms with van der Waals surface area (Å²) in [7, 11) is -2.62. The summed E-state index contributed by atoms with van der Waals surface area (Å²) >= 11 is 0. The summed E-state index contributed by atoms with van der Waals surface area (Å²) in [5.74, 6) is 0.201. The second-order valence-corrected chi connectivity index (χ2v) is 11.0. The maximum atomic E-state index is 13.4. The van der Waals surface area contributed by atoms with Crippen LogP contribution in [0.2, 0.25) is 0 Å². The quantitative estimate of drug-likeness (QED) is 0.360. The Balaban J connectivity index is 1.88. The summed E-state index contributed by atoms with van der Waals surface area (Å²) in [6.45, 7) is 6.29. The molecule has 0 saturated carbocycles. The van der Waals surface area contributed by atoms with E-state index in [9.17, 15) is 17.6 Å². The van der Waals surface area contributed by atoms with Crippen LogP contribution in [0.25, 0.3) is 0 Å². The number of hydrogen-bond acceptors (Lipinski definition) is 5. The van der Waals surface area contributed by atoms with Crippen molar-refractivity contribution >= 4 is 16.0 Å². The average Bonchev–Trinajstić information content (AvgIpc) is 2.80. The van der Waals surface area contributed by atoms with Gasteiger partial charge in [-0.15, -0.1) is 0 Å². The van der Waals surface area contributed by atoms with Crippen molar-refractivity contribution < 1.29 is 26.5 Å².